The van der Waals surface area contributed by atoms with Crippen LogP contribution in [0.5, 0.6) is 0 Å². The minimum atomic E-state index is -3.56. The van der Waals surface area contributed by atoms with Gasteiger partial charge in [0.2, 0.25) is 10.0 Å². The lowest BCUT2D eigenvalue weighted by Crippen LogP contribution is -2.39. The summed E-state index contributed by atoms with van der Waals surface area (Å²) in [5, 5.41) is 3.37. The van der Waals surface area contributed by atoms with E-state index in [0.29, 0.717) is 12.8 Å². The Balaban J connectivity index is 2.08. The summed E-state index contributed by atoms with van der Waals surface area (Å²) in [6.07, 6.45) is 3.41. The molecule has 1 aliphatic rings. The average Bonchev–Trinajstić information content (AvgIpc) is 3.05. The number of nitrogens with one attached hydrogen (secondary N) is 1. The molecule has 8 heteroatoms. The molecule has 21 heavy (non-hydrogen) atoms. The highest BCUT2D eigenvalue weighted by Crippen LogP contribution is 2.31. The zero-order chi connectivity index (χ0) is 15.6. The predicted molar refractivity (Wildman–Crippen MR) is 76.8 cm³/mol. The molecule has 1 aromatic heterocycles. The fourth-order valence-corrected chi connectivity index (χ4v) is 4.45. The first-order valence-electron chi connectivity index (χ1n) is 6.90. The van der Waals surface area contributed by atoms with E-state index in [2.05, 4.69) is 9.82 Å². The summed E-state index contributed by atoms with van der Waals surface area (Å²) in [5.74, 6) is -1.01. The minimum absolute atomic E-state index is 0.187. The molecule has 0 unspecified atom stereocenters. The van der Waals surface area contributed by atoms with Gasteiger partial charge in [0, 0.05) is 24.8 Å². The van der Waals surface area contributed by atoms with Gasteiger partial charge in [-0.05, 0) is 19.8 Å². The lowest BCUT2D eigenvalue weighted by Gasteiger charge is -2.18. The topological polar surface area (TPSA) is 90.3 Å². The molecule has 2 rings (SSSR count). The maximum atomic E-state index is 12.4. The lowest BCUT2D eigenvalue weighted by molar-refractivity contribution is -0.145. The number of aryl methyl sites for hydroxylation is 1. The summed E-state index contributed by atoms with van der Waals surface area (Å²) in [7, 11) is -0.466. The number of hydrogen-bond acceptors (Lipinski definition) is 5. The first kappa shape index (κ1) is 16.0. The zero-order valence-corrected chi connectivity index (χ0v) is 13.3. The molecule has 1 fully saturated rings. The summed E-state index contributed by atoms with van der Waals surface area (Å²) in [6.45, 7) is 2.07. The Morgan fingerprint density at radius 2 is 2.24 bits per heavy atom. The first-order chi connectivity index (χ1) is 9.86. The van der Waals surface area contributed by atoms with Gasteiger partial charge >= 0.3 is 5.97 Å². The normalized spacial score (nSPS) is 22.4. The largest absolute Gasteiger partial charge is 0.469 e. The lowest BCUT2D eigenvalue weighted by atomic mass is 10.1. The number of hydrogen-bond donors (Lipinski definition) is 1. The van der Waals surface area contributed by atoms with E-state index in [1.807, 2.05) is 6.92 Å². The molecule has 1 heterocycles. The molecule has 1 aromatic rings. The van der Waals surface area contributed by atoms with Crippen molar-refractivity contribution in [3.05, 3.63) is 17.5 Å². The average molecular weight is 315 g/mol. The summed E-state index contributed by atoms with van der Waals surface area (Å²) >= 11 is 0. The van der Waals surface area contributed by atoms with Gasteiger partial charge in [-0.25, -0.2) is 13.1 Å². The van der Waals surface area contributed by atoms with Crippen molar-refractivity contribution >= 4 is 16.0 Å². The number of rotatable bonds is 5. The molecular formula is C13H21N3O4S. The molecule has 0 aliphatic heterocycles. The van der Waals surface area contributed by atoms with Crippen LogP contribution in [0.1, 0.15) is 30.5 Å². The fraction of sp³-hybridized carbons (Fsp3) is 0.692. The van der Waals surface area contributed by atoms with Gasteiger partial charge in [-0.1, -0.05) is 6.42 Å². The number of carbonyl (C=O) groups excluding carboxylic acids is 1. The van der Waals surface area contributed by atoms with Crippen LogP contribution in [0, 0.1) is 12.8 Å². The number of nitrogens with zero attached hydrogens (tertiary/aromatic N) is 2. The van der Waals surface area contributed by atoms with E-state index in [1.165, 1.54) is 7.11 Å². The number of esters is 1. The number of methoxy groups -OCH3 is 1. The second-order valence-corrected chi connectivity index (χ2v) is 7.33. The monoisotopic (exact) mass is 315 g/mol. The van der Waals surface area contributed by atoms with Gasteiger partial charge in [0.25, 0.3) is 0 Å². The van der Waals surface area contributed by atoms with Crippen LogP contribution in [0.3, 0.4) is 0 Å². The molecule has 0 saturated heterocycles. The van der Waals surface area contributed by atoms with Crippen LogP contribution in [0.25, 0.3) is 0 Å². The van der Waals surface area contributed by atoms with E-state index in [9.17, 15) is 13.2 Å². The predicted octanol–water partition coefficient (Wildman–Crippen LogP) is 0.490. The number of aromatic nitrogens is 2. The second-order valence-electron chi connectivity index (χ2n) is 5.34. The molecule has 7 nitrogen and oxygen atoms in total. The molecule has 1 N–H and O–H groups in total. The van der Waals surface area contributed by atoms with E-state index < -0.39 is 27.2 Å². The van der Waals surface area contributed by atoms with Crippen molar-refractivity contribution in [1.29, 1.82) is 0 Å². The van der Waals surface area contributed by atoms with Crippen LogP contribution in [0.15, 0.2) is 6.20 Å². The number of ether oxygens (including phenoxy) is 1. The van der Waals surface area contributed by atoms with Crippen molar-refractivity contribution in [1.82, 2.24) is 14.5 Å². The van der Waals surface area contributed by atoms with Crippen molar-refractivity contribution in [3.63, 3.8) is 0 Å². The highest BCUT2D eigenvalue weighted by Gasteiger charge is 2.42. The van der Waals surface area contributed by atoms with E-state index in [0.717, 1.165) is 17.7 Å². The first-order valence-corrected chi connectivity index (χ1v) is 8.45. The molecule has 118 valence electrons. The Kier molecular flexibility index (Phi) is 4.67. The summed E-state index contributed by atoms with van der Waals surface area (Å²) in [6, 6.07) is 0. The maximum absolute atomic E-state index is 12.4. The molecule has 0 aromatic carbocycles. The SMILES string of the molecule is COC(=O)[C@@H]1CCC[C@H]1S(=O)(=O)NCc1cnn(C)c1C. The van der Waals surface area contributed by atoms with Crippen molar-refractivity contribution in [3.8, 4) is 0 Å². The summed E-state index contributed by atoms with van der Waals surface area (Å²) < 4.78 is 33.8. The van der Waals surface area contributed by atoms with Gasteiger partial charge < -0.3 is 4.74 Å². The molecule has 1 aliphatic carbocycles. The van der Waals surface area contributed by atoms with E-state index >= 15 is 0 Å². The second kappa shape index (κ2) is 6.15. The van der Waals surface area contributed by atoms with Crippen LogP contribution in [0.2, 0.25) is 0 Å². The number of sulfonamides is 1. The smallest absolute Gasteiger partial charge is 0.310 e. The molecule has 0 spiro atoms. The summed E-state index contributed by atoms with van der Waals surface area (Å²) in [5.41, 5.74) is 1.74. The quantitative estimate of drug-likeness (QED) is 0.799. The van der Waals surface area contributed by atoms with Crippen LogP contribution in [-0.4, -0.2) is 36.5 Å². The van der Waals surface area contributed by atoms with E-state index in [1.54, 1.807) is 17.9 Å². The highest BCUT2D eigenvalue weighted by atomic mass is 32.2. The molecule has 2 atom stereocenters. The Morgan fingerprint density at radius 3 is 2.81 bits per heavy atom. The van der Waals surface area contributed by atoms with Gasteiger partial charge in [0.1, 0.15) is 0 Å². The van der Waals surface area contributed by atoms with Gasteiger partial charge in [0.05, 0.1) is 24.5 Å². The number of carbonyl (C=O) groups is 1. The Hall–Kier alpha value is -1.41. The van der Waals surface area contributed by atoms with Gasteiger partial charge in [0.15, 0.2) is 0 Å². The molecule has 0 radical (unpaired) electrons. The van der Waals surface area contributed by atoms with Crippen molar-refractivity contribution < 1.29 is 17.9 Å². The van der Waals surface area contributed by atoms with Crippen LogP contribution in [0.4, 0.5) is 0 Å². The Bertz CT molecular complexity index is 623. The molecule has 0 amide bonds. The Labute approximate surface area is 124 Å². The fourth-order valence-electron chi connectivity index (χ4n) is 2.72. The highest BCUT2D eigenvalue weighted by molar-refractivity contribution is 7.90. The molecule has 1 saturated carbocycles. The standard InChI is InChI=1S/C13H21N3O4S/c1-9-10(7-14-16(9)2)8-15-21(18,19)12-6-4-5-11(12)13(17)20-3/h7,11-12,15H,4-6,8H2,1-3H3/t11-,12-/m1/s1. The zero-order valence-electron chi connectivity index (χ0n) is 12.5. The summed E-state index contributed by atoms with van der Waals surface area (Å²) in [4.78, 5) is 11.7. The third kappa shape index (κ3) is 3.26. The third-order valence-electron chi connectivity index (χ3n) is 4.16. The van der Waals surface area contributed by atoms with E-state index in [-0.39, 0.29) is 6.54 Å². The van der Waals surface area contributed by atoms with Crippen molar-refractivity contribution in [2.75, 3.05) is 7.11 Å². The van der Waals surface area contributed by atoms with Gasteiger partial charge in [-0.2, -0.15) is 5.10 Å². The molecular weight excluding hydrogens is 294 g/mol. The van der Waals surface area contributed by atoms with Gasteiger partial charge in [-0.15, -0.1) is 0 Å². The Morgan fingerprint density at radius 1 is 1.52 bits per heavy atom. The van der Waals surface area contributed by atoms with E-state index in [4.69, 9.17) is 4.74 Å². The third-order valence-corrected chi connectivity index (χ3v) is 6.06. The van der Waals surface area contributed by atoms with Crippen molar-refractivity contribution in [2.24, 2.45) is 13.0 Å². The minimum Gasteiger partial charge on any atom is -0.469 e. The molecule has 0 bridgehead atoms. The van der Waals surface area contributed by atoms with Crippen LogP contribution in [-0.2, 0) is 33.1 Å². The maximum Gasteiger partial charge on any atom is 0.310 e. The van der Waals surface area contributed by atoms with Crippen molar-refractivity contribution in [2.45, 2.75) is 38.0 Å². The van der Waals surface area contributed by atoms with Crippen LogP contribution < -0.4 is 4.72 Å². The van der Waals surface area contributed by atoms with Crippen LogP contribution >= 0.6 is 0 Å². The van der Waals surface area contributed by atoms with Gasteiger partial charge in [-0.3, -0.25) is 9.48 Å².